The Hall–Kier alpha value is -0.930. The Kier molecular flexibility index (Phi) is 2.89. The maximum absolute atomic E-state index is 6.27. The SMILES string of the molecule is Nc1ccc(N2CCN3CCCC3C2)c(Cl)c1. The van der Waals surface area contributed by atoms with Gasteiger partial charge in [0.15, 0.2) is 0 Å². The van der Waals surface area contributed by atoms with Gasteiger partial charge in [0.1, 0.15) is 0 Å². The molecule has 1 atom stereocenters. The van der Waals surface area contributed by atoms with E-state index in [2.05, 4.69) is 9.80 Å². The van der Waals surface area contributed by atoms with Gasteiger partial charge in [0.2, 0.25) is 0 Å². The molecule has 4 heteroatoms. The van der Waals surface area contributed by atoms with Crippen molar-refractivity contribution in [3.8, 4) is 0 Å². The van der Waals surface area contributed by atoms with Crippen LogP contribution in [0.15, 0.2) is 18.2 Å². The first-order valence-corrected chi connectivity index (χ1v) is 6.66. The largest absolute Gasteiger partial charge is 0.399 e. The first-order valence-electron chi connectivity index (χ1n) is 6.28. The molecular weight excluding hydrogens is 234 g/mol. The fourth-order valence-corrected chi connectivity index (χ4v) is 3.30. The van der Waals surface area contributed by atoms with Crippen LogP contribution in [-0.4, -0.2) is 37.1 Å². The minimum atomic E-state index is 0.720. The van der Waals surface area contributed by atoms with Gasteiger partial charge in [-0.1, -0.05) is 11.6 Å². The number of piperazine rings is 1. The van der Waals surface area contributed by atoms with Gasteiger partial charge in [-0.25, -0.2) is 0 Å². The van der Waals surface area contributed by atoms with Gasteiger partial charge in [0.05, 0.1) is 10.7 Å². The zero-order valence-corrected chi connectivity index (χ0v) is 10.7. The minimum absolute atomic E-state index is 0.720. The second-order valence-corrected chi connectivity index (χ2v) is 5.40. The maximum Gasteiger partial charge on any atom is 0.0660 e. The average Bonchev–Trinajstić information content (AvgIpc) is 2.75. The first-order chi connectivity index (χ1) is 8.24. The highest BCUT2D eigenvalue weighted by Crippen LogP contribution is 2.31. The molecular formula is C13H18ClN3. The van der Waals surface area contributed by atoms with Crippen LogP contribution in [0.3, 0.4) is 0 Å². The molecule has 1 unspecified atom stereocenters. The molecule has 2 aliphatic heterocycles. The molecule has 1 aromatic carbocycles. The summed E-state index contributed by atoms with van der Waals surface area (Å²) in [6, 6.07) is 6.54. The second-order valence-electron chi connectivity index (χ2n) is 4.99. The number of hydrogen-bond acceptors (Lipinski definition) is 3. The lowest BCUT2D eigenvalue weighted by molar-refractivity contribution is 0.231. The fourth-order valence-electron chi connectivity index (χ4n) is 2.99. The van der Waals surface area contributed by atoms with Crippen LogP contribution in [0.2, 0.25) is 5.02 Å². The van der Waals surface area contributed by atoms with Crippen molar-refractivity contribution in [2.45, 2.75) is 18.9 Å². The van der Waals surface area contributed by atoms with Gasteiger partial charge in [-0.3, -0.25) is 4.90 Å². The van der Waals surface area contributed by atoms with E-state index in [1.54, 1.807) is 0 Å². The normalized spacial score (nSPS) is 25.0. The number of hydrogen-bond donors (Lipinski definition) is 1. The highest BCUT2D eigenvalue weighted by molar-refractivity contribution is 6.33. The van der Waals surface area contributed by atoms with Crippen molar-refractivity contribution in [2.24, 2.45) is 0 Å². The molecule has 0 saturated carbocycles. The molecule has 17 heavy (non-hydrogen) atoms. The van der Waals surface area contributed by atoms with E-state index in [1.165, 1.54) is 19.4 Å². The Labute approximate surface area is 107 Å². The van der Waals surface area contributed by atoms with Gasteiger partial charge < -0.3 is 10.6 Å². The Morgan fingerprint density at radius 3 is 2.94 bits per heavy atom. The number of nitrogens with two attached hydrogens (primary N) is 1. The molecule has 1 aromatic rings. The molecule has 3 nitrogen and oxygen atoms in total. The van der Waals surface area contributed by atoms with Crippen LogP contribution >= 0.6 is 11.6 Å². The molecule has 92 valence electrons. The average molecular weight is 252 g/mol. The summed E-state index contributed by atoms with van der Waals surface area (Å²) in [5.41, 5.74) is 7.60. The number of nitrogen functional groups attached to an aromatic ring is 1. The molecule has 2 aliphatic rings. The van der Waals surface area contributed by atoms with Crippen molar-refractivity contribution in [1.29, 1.82) is 0 Å². The van der Waals surface area contributed by atoms with Crippen molar-refractivity contribution in [3.63, 3.8) is 0 Å². The topological polar surface area (TPSA) is 32.5 Å². The fraction of sp³-hybridized carbons (Fsp3) is 0.538. The quantitative estimate of drug-likeness (QED) is 0.777. The number of anilines is 2. The van der Waals surface area contributed by atoms with E-state index in [0.29, 0.717) is 0 Å². The van der Waals surface area contributed by atoms with Crippen molar-refractivity contribution >= 4 is 23.0 Å². The summed E-state index contributed by atoms with van der Waals surface area (Å²) < 4.78 is 0. The smallest absolute Gasteiger partial charge is 0.0660 e. The summed E-state index contributed by atoms with van der Waals surface area (Å²) in [5, 5.41) is 0.774. The van der Waals surface area contributed by atoms with Gasteiger partial charge in [-0.15, -0.1) is 0 Å². The van der Waals surface area contributed by atoms with E-state index in [4.69, 9.17) is 17.3 Å². The number of fused-ring (bicyclic) bond motifs is 1. The number of rotatable bonds is 1. The van der Waals surface area contributed by atoms with Gasteiger partial charge >= 0.3 is 0 Å². The molecule has 0 amide bonds. The van der Waals surface area contributed by atoms with Crippen LogP contribution in [0.25, 0.3) is 0 Å². The molecule has 2 saturated heterocycles. The van der Waals surface area contributed by atoms with E-state index in [-0.39, 0.29) is 0 Å². The van der Waals surface area contributed by atoms with E-state index >= 15 is 0 Å². The van der Waals surface area contributed by atoms with Crippen molar-refractivity contribution in [2.75, 3.05) is 36.8 Å². The molecule has 0 aliphatic carbocycles. The standard InChI is InChI=1S/C13H18ClN3/c14-12-8-10(15)3-4-13(12)17-7-6-16-5-1-2-11(16)9-17/h3-4,8,11H,1-2,5-7,9,15H2. The van der Waals surface area contributed by atoms with Crippen LogP contribution < -0.4 is 10.6 Å². The third-order valence-electron chi connectivity index (χ3n) is 3.90. The molecule has 2 N–H and O–H groups in total. The van der Waals surface area contributed by atoms with Crippen LogP contribution in [0.5, 0.6) is 0 Å². The lowest BCUT2D eigenvalue weighted by Crippen LogP contribution is -2.50. The van der Waals surface area contributed by atoms with Gasteiger partial charge in [-0.05, 0) is 37.6 Å². The molecule has 3 rings (SSSR count). The summed E-state index contributed by atoms with van der Waals surface area (Å²) in [6.45, 7) is 4.60. The summed E-state index contributed by atoms with van der Waals surface area (Å²) in [5.74, 6) is 0. The lowest BCUT2D eigenvalue weighted by Gasteiger charge is -2.39. The summed E-state index contributed by atoms with van der Waals surface area (Å²) in [6.07, 6.45) is 2.66. The Morgan fingerprint density at radius 1 is 1.24 bits per heavy atom. The molecule has 2 fully saturated rings. The van der Waals surface area contributed by atoms with Crippen LogP contribution in [0, 0.1) is 0 Å². The van der Waals surface area contributed by atoms with Crippen LogP contribution in [0.1, 0.15) is 12.8 Å². The van der Waals surface area contributed by atoms with E-state index in [0.717, 1.165) is 42.1 Å². The molecule has 0 spiro atoms. The molecule has 2 heterocycles. The van der Waals surface area contributed by atoms with E-state index in [9.17, 15) is 0 Å². The van der Waals surface area contributed by atoms with Gasteiger partial charge in [0, 0.05) is 31.4 Å². The number of benzene rings is 1. The summed E-state index contributed by atoms with van der Waals surface area (Å²) in [7, 11) is 0. The Morgan fingerprint density at radius 2 is 2.12 bits per heavy atom. The molecule has 0 aromatic heterocycles. The lowest BCUT2D eigenvalue weighted by atomic mass is 10.1. The van der Waals surface area contributed by atoms with Crippen molar-refractivity contribution in [3.05, 3.63) is 23.2 Å². The zero-order chi connectivity index (χ0) is 11.8. The monoisotopic (exact) mass is 251 g/mol. The van der Waals surface area contributed by atoms with Crippen molar-refractivity contribution < 1.29 is 0 Å². The molecule has 0 radical (unpaired) electrons. The molecule has 0 bridgehead atoms. The third kappa shape index (κ3) is 2.09. The summed E-state index contributed by atoms with van der Waals surface area (Å²) in [4.78, 5) is 5.00. The zero-order valence-electron chi connectivity index (χ0n) is 9.90. The predicted octanol–water partition coefficient (Wildman–Crippen LogP) is 2.21. The highest BCUT2D eigenvalue weighted by Gasteiger charge is 2.31. The van der Waals surface area contributed by atoms with Crippen LogP contribution in [-0.2, 0) is 0 Å². The number of halogens is 1. The van der Waals surface area contributed by atoms with Crippen molar-refractivity contribution in [1.82, 2.24) is 4.90 Å². The second kappa shape index (κ2) is 4.39. The third-order valence-corrected chi connectivity index (χ3v) is 4.20. The van der Waals surface area contributed by atoms with Gasteiger partial charge in [0.25, 0.3) is 0 Å². The van der Waals surface area contributed by atoms with E-state index in [1.807, 2.05) is 18.2 Å². The van der Waals surface area contributed by atoms with E-state index < -0.39 is 0 Å². The highest BCUT2D eigenvalue weighted by atomic mass is 35.5. The van der Waals surface area contributed by atoms with Gasteiger partial charge in [-0.2, -0.15) is 0 Å². The summed E-state index contributed by atoms with van der Waals surface area (Å²) >= 11 is 6.27. The van der Waals surface area contributed by atoms with Crippen LogP contribution in [0.4, 0.5) is 11.4 Å². The Balaban J connectivity index is 1.80. The Bertz CT molecular complexity index is 421. The predicted molar refractivity (Wildman–Crippen MR) is 72.7 cm³/mol. The minimum Gasteiger partial charge on any atom is -0.399 e. The first kappa shape index (κ1) is 11.2. The maximum atomic E-state index is 6.27. The number of nitrogens with zero attached hydrogens (tertiary/aromatic N) is 2.